The van der Waals surface area contributed by atoms with Gasteiger partial charge in [-0.2, -0.15) is 0 Å². The van der Waals surface area contributed by atoms with Gasteiger partial charge in [-0.25, -0.2) is 4.39 Å². The summed E-state index contributed by atoms with van der Waals surface area (Å²) in [5.41, 5.74) is 1.51. The molecule has 0 aliphatic heterocycles. The Bertz CT molecular complexity index is 750. The maximum absolute atomic E-state index is 13.5. The van der Waals surface area contributed by atoms with Gasteiger partial charge >= 0.3 is 0 Å². The molecular weight excluding hydrogens is 355 g/mol. The Balaban J connectivity index is 1.78. The zero-order chi connectivity index (χ0) is 18.9. The second kappa shape index (κ2) is 9.92. The molecule has 0 heterocycles. The van der Waals surface area contributed by atoms with Crippen LogP contribution in [0, 0.1) is 5.82 Å². The highest BCUT2D eigenvalue weighted by atomic mass is 35.5. The smallest absolute Gasteiger partial charge is 0.222 e. The lowest BCUT2D eigenvalue weighted by Crippen LogP contribution is -2.35. The quantitative estimate of drug-likeness (QED) is 0.765. The van der Waals surface area contributed by atoms with Gasteiger partial charge in [0.2, 0.25) is 11.8 Å². The first-order valence-electron chi connectivity index (χ1n) is 8.46. The Morgan fingerprint density at radius 2 is 1.77 bits per heavy atom. The topological polar surface area (TPSA) is 49.4 Å². The highest BCUT2D eigenvalue weighted by Crippen LogP contribution is 2.10. The summed E-state index contributed by atoms with van der Waals surface area (Å²) in [6.45, 7) is 2.47. The molecule has 138 valence electrons. The van der Waals surface area contributed by atoms with Crippen molar-refractivity contribution < 1.29 is 14.0 Å². The maximum Gasteiger partial charge on any atom is 0.222 e. The van der Waals surface area contributed by atoms with E-state index in [4.69, 9.17) is 11.6 Å². The van der Waals surface area contributed by atoms with Gasteiger partial charge in [0.1, 0.15) is 5.82 Å². The zero-order valence-electron chi connectivity index (χ0n) is 14.7. The first-order chi connectivity index (χ1) is 12.5. The average Bonchev–Trinajstić information content (AvgIpc) is 2.62. The lowest BCUT2D eigenvalue weighted by atomic mass is 10.1. The van der Waals surface area contributed by atoms with E-state index in [1.165, 1.54) is 13.0 Å². The first-order valence-corrected chi connectivity index (χ1v) is 8.83. The van der Waals surface area contributed by atoms with Crippen LogP contribution in [0.2, 0.25) is 5.02 Å². The molecule has 0 spiro atoms. The third-order valence-electron chi connectivity index (χ3n) is 4.07. The summed E-state index contributed by atoms with van der Waals surface area (Å²) < 4.78 is 13.5. The molecule has 2 rings (SSSR count). The Hall–Kier alpha value is -2.40. The monoisotopic (exact) mass is 376 g/mol. The number of nitrogens with zero attached hydrogens (tertiary/aromatic N) is 1. The van der Waals surface area contributed by atoms with Crippen molar-refractivity contribution in [3.63, 3.8) is 0 Å². The summed E-state index contributed by atoms with van der Waals surface area (Å²) >= 11 is 5.86. The van der Waals surface area contributed by atoms with Crippen LogP contribution in [0.1, 0.15) is 24.5 Å². The Morgan fingerprint density at radius 3 is 2.42 bits per heavy atom. The van der Waals surface area contributed by atoms with Crippen molar-refractivity contribution in [2.45, 2.75) is 26.3 Å². The van der Waals surface area contributed by atoms with Crippen LogP contribution in [0.4, 0.5) is 4.39 Å². The summed E-state index contributed by atoms with van der Waals surface area (Å²) in [5.74, 6) is -0.645. The summed E-state index contributed by atoms with van der Waals surface area (Å²) in [7, 11) is 0. The van der Waals surface area contributed by atoms with Gasteiger partial charge in [-0.3, -0.25) is 9.59 Å². The van der Waals surface area contributed by atoms with Crippen LogP contribution in [-0.2, 0) is 22.6 Å². The highest BCUT2D eigenvalue weighted by Gasteiger charge is 2.12. The fraction of sp³-hybridized carbons (Fsp3) is 0.300. The van der Waals surface area contributed by atoms with E-state index in [9.17, 15) is 14.0 Å². The molecule has 6 heteroatoms. The van der Waals surface area contributed by atoms with Gasteiger partial charge in [0.15, 0.2) is 0 Å². The predicted octanol–water partition coefficient (Wildman–Crippen LogP) is 3.58. The SMILES string of the molecule is CC(=O)N(CCC(=O)NCc1ccccc1F)CCc1ccc(Cl)cc1. The minimum absolute atomic E-state index is 0.0825. The molecule has 0 aliphatic rings. The van der Waals surface area contributed by atoms with E-state index in [0.717, 1.165) is 5.56 Å². The molecule has 0 atom stereocenters. The van der Waals surface area contributed by atoms with Gasteiger partial charge in [0.05, 0.1) is 0 Å². The molecule has 0 unspecified atom stereocenters. The van der Waals surface area contributed by atoms with Gasteiger partial charge in [0, 0.05) is 43.6 Å². The van der Waals surface area contributed by atoms with E-state index < -0.39 is 0 Å². The van der Waals surface area contributed by atoms with E-state index in [0.29, 0.717) is 30.1 Å². The van der Waals surface area contributed by atoms with Gasteiger partial charge in [-0.05, 0) is 30.2 Å². The van der Waals surface area contributed by atoms with E-state index in [1.807, 2.05) is 24.3 Å². The lowest BCUT2D eigenvalue weighted by molar-refractivity contribution is -0.129. The number of nitrogens with one attached hydrogen (secondary N) is 1. The normalized spacial score (nSPS) is 10.4. The van der Waals surface area contributed by atoms with Gasteiger partial charge in [-0.1, -0.05) is 41.9 Å². The number of rotatable bonds is 8. The Kier molecular flexibility index (Phi) is 7.60. The first kappa shape index (κ1) is 19.9. The van der Waals surface area contributed by atoms with Crippen molar-refractivity contribution in [1.29, 1.82) is 0 Å². The summed E-state index contributed by atoms with van der Waals surface area (Å²) in [6.07, 6.45) is 0.863. The van der Waals surface area contributed by atoms with Crippen molar-refractivity contribution in [2.75, 3.05) is 13.1 Å². The van der Waals surface area contributed by atoms with Crippen LogP contribution in [-0.4, -0.2) is 29.8 Å². The van der Waals surface area contributed by atoms with E-state index in [2.05, 4.69) is 5.32 Å². The second-order valence-corrected chi connectivity index (χ2v) is 6.44. The Morgan fingerprint density at radius 1 is 1.08 bits per heavy atom. The molecule has 0 saturated heterocycles. The van der Waals surface area contributed by atoms with E-state index in [1.54, 1.807) is 23.1 Å². The molecule has 2 aromatic rings. The lowest BCUT2D eigenvalue weighted by Gasteiger charge is -2.21. The molecule has 1 N–H and O–H groups in total. The minimum Gasteiger partial charge on any atom is -0.352 e. The molecule has 4 nitrogen and oxygen atoms in total. The summed E-state index contributed by atoms with van der Waals surface area (Å²) in [6, 6.07) is 13.8. The largest absolute Gasteiger partial charge is 0.352 e. The van der Waals surface area contributed by atoms with Crippen molar-refractivity contribution in [3.05, 3.63) is 70.5 Å². The molecule has 0 saturated carbocycles. The fourth-order valence-corrected chi connectivity index (χ4v) is 2.63. The molecule has 2 amide bonds. The summed E-state index contributed by atoms with van der Waals surface area (Å²) in [4.78, 5) is 25.4. The Labute approximate surface area is 158 Å². The average molecular weight is 377 g/mol. The predicted molar refractivity (Wildman–Crippen MR) is 100 cm³/mol. The number of benzene rings is 2. The molecule has 2 aromatic carbocycles. The molecule has 0 fully saturated rings. The van der Waals surface area contributed by atoms with Crippen molar-refractivity contribution in [2.24, 2.45) is 0 Å². The van der Waals surface area contributed by atoms with Crippen molar-refractivity contribution in [1.82, 2.24) is 10.2 Å². The van der Waals surface area contributed by atoms with Crippen LogP contribution in [0.5, 0.6) is 0 Å². The van der Waals surface area contributed by atoms with Crippen LogP contribution >= 0.6 is 11.6 Å². The van der Waals surface area contributed by atoms with Gasteiger partial charge in [0.25, 0.3) is 0 Å². The van der Waals surface area contributed by atoms with Crippen molar-refractivity contribution >= 4 is 23.4 Å². The number of hydrogen-bond donors (Lipinski definition) is 1. The number of carbonyl (C=O) groups is 2. The van der Waals surface area contributed by atoms with Crippen LogP contribution < -0.4 is 5.32 Å². The third kappa shape index (κ3) is 6.48. The number of hydrogen-bond acceptors (Lipinski definition) is 2. The maximum atomic E-state index is 13.5. The third-order valence-corrected chi connectivity index (χ3v) is 4.32. The standard InChI is InChI=1S/C20H22ClFN2O2/c1-15(25)24(12-10-16-6-8-18(21)9-7-16)13-11-20(26)23-14-17-4-2-3-5-19(17)22/h2-9H,10-14H2,1H3,(H,23,26). The second-order valence-electron chi connectivity index (χ2n) is 6.00. The molecule has 26 heavy (non-hydrogen) atoms. The van der Waals surface area contributed by atoms with Crippen LogP contribution in [0.15, 0.2) is 48.5 Å². The number of carbonyl (C=O) groups excluding carboxylic acids is 2. The highest BCUT2D eigenvalue weighted by molar-refractivity contribution is 6.30. The summed E-state index contributed by atoms with van der Waals surface area (Å²) in [5, 5.41) is 3.35. The van der Waals surface area contributed by atoms with E-state index in [-0.39, 0.29) is 30.6 Å². The number of halogens is 2. The molecule has 0 radical (unpaired) electrons. The van der Waals surface area contributed by atoms with Crippen molar-refractivity contribution in [3.8, 4) is 0 Å². The van der Waals surface area contributed by atoms with Gasteiger partial charge in [-0.15, -0.1) is 0 Å². The van der Waals surface area contributed by atoms with Gasteiger partial charge < -0.3 is 10.2 Å². The molecular formula is C20H22ClFN2O2. The molecule has 0 aromatic heterocycles. The van der Waals surface area contributed by atoms with E-state index >= 15 is 0 Å². The molecule has 0 bridgehead atoms. The van der Waals surface area contributed by atoms with Crippen LogP contribution in [0.25, 0.3) is 0 Å². The molecule has 0 aliphatic carbocycles. The zero-order valence-corrected chi connectivity index (χ0v) is 15.4. The minimum atomic E-state index is -0.346. The van der Waals surface area contributed by atoms with Crippen LogP contribution in [0.3, 0.4) is 0 Å². The fourth-order valence-electron chi connectivity index (χ4n) is 2.50. The number of amides is 2.